The fourth-order valence-corrected chi connectivity index (χ4v) is 1.05. The number of hydrogen-bond acceptors (Lipinski definition) is 7. The third kappa shape index (κ3) is 3.96. The van der Waals surface area contributed by atoms with Crippen molar-refractivity contribution in [2.45, 2.75) is 26.7 Å². The molecular formula is C10H14N2O6. The van der Waals surface area contributed by atoms with E-state index in [1.807, 2.05) is 6.92 Å². The van der Waals surface area contributed by atoms with Crippen molar-refractivity contribution in [3.05, 3.63) is 11.5 Å². The average Bonchev–Trinajstić information content (AvgIpc) is 2.68. The van der Waals surface area contributed by atoms with Crippen LogP contribution in [-0.2, 0) is 9.57 Å². The average molecular weight is 258 g/mol. The number of unbranched alkanes of at least 4 members (excludes halogenated alkanes) is 1. The van der Waals surface area contributed by atoms with Gasteiger partial charge in [0.15, 0.2) is 0 Å². The summed E-state index contributed by atoms with van der Waals surface area (Å²) < 4.78 is 9.48. The first-order valence-electron chi connectivity index (χ1n) is 5.35. The van der Waals surface area contributed by atoms with Crippen LogP contribution in [0.1, 0.15) is 36.0 Å². The van der Waals surface area contributed by atoms with E-state index in [9.17, 15) is 9.59 Å². The van der Waals surface area contributed by atoms with Gasteiger partial charge in [0.1, 0.15) is 0 Å². The Morgan fingerprint density at radius 2 is 2.22 bits per heavy atom. The number of aromatic nitrogens is 1. The summed E-state index contributed by atoms with van der Waals surface area (Å²) in [4.78, 5) is 29.8. The minimum absolute atomic E-state index is 0.174. The Balaban J connectivity index is 2.41. The lowest BCUT2D eigenvalue weighted by molar-refractivity contribution is 0.0653. The molecule has 1 rings (SSSR count). The molecule has 1 aromatic rings. The van der Waals surface area contributed by atoms with Gasteiger partial charge in [-0.3, -0.25) is 0 Å². The number of anilines is 1. The summed E-state index contributed by atoms with van der Waals surface area (Å²) in [6, 6.07) is -0.225. The van der Waals surface area contributed by atoms with Crippen molar-refractivity contribution in [1.82, 2.24) is 4.98 Å². The fraction of sp³-hybridized carbons (Fsp3) is 0.500. The van der Waals surface area contributed by atoms with Crippen molar-refractivity contribution < 1.29 is 28.7 Å². The number of rotatable bonds is 6. The summed E-state index contributed by atoms with van der Waals surface area (Å²) in [5.74, 6) is -1.57. The van der Waals surface area contributed by atoms with Crippen molar-refractivity contribution in [2.75, 3.05) is 12.1 Å². The standard InChI is InChI=1S/C10H14N2O6/c1-3-4-5-16-10(15)18-12-9-11-6(2)7(17-9)8(13)14/h3-5H2,1-2H3,(H,11,12)(H,13,14). The molecule has 100 valence electrons. The molecule has 8 heteroatoms. The van der Waals surface area contributed by atoms with E-state index >= 15 is 0 Å². The van der Waals surface area contributed by atoms with Crippen LogP contribution in [-0.4, -0.2) is 28.8 Å². The van der Waals surface area contributed by atoms with Gasteiger partial charge in [0.05, 0.1) is 12.3 Å². The van der Waals surface area contributed by atoms with E-state index in [0.717, 1.165) is 12.8 Å². The fourth-order valence-electron chi connectivity index (χ4n) is 1.05. The van der Waals surface area contributed by atoms with Crippen LogP contribution in [0.3, 0.4) is 0 Å². The van der Waals surface area contributed by atoms with Crippen LogP contribution < -0.4 is 5.48 Å². The predicted octanol–water partition coefficient (Wildman–Crippen LogP) is 1.96. The van der Waals surface area contributed by atoms with Crippen molar-refractivity contribution in [3.63, 3.8) is 0 Å². The zero-order valence-electron chi connectivity index (χ0n) is 10.1. The van der Waals surface area contributed by atoms with Gasteiger partial charge >= 0.3 is 18.1 Å². The van der Waals surface area contributed by atoms with Crippen LogP contribution in [0.15, 0.2) is 4.42 Å². The molecule has 18 heavy (non-hydrogen) atoms. The highest BCUT2D eigenvalue weighted by Crippen LogP contribution is 2.14. The molecule has 8 nitrogen and oxygen atoms in total. The SMILES string of the molecule is CCCCOC(=O)ONc1nc(C)c(C(=O)O)o1. The van der Waals surface area contributed by atoms with Crippen LogP contribution >= 0.6 is 0 Å². The Bertz CT molecular complexity index is 428. The van der Waals surface area contributed by atoms with E-state index in [2.05, 4.69) is 20.0 Å². The Kier molecular flexibility index (Phi) is 4.97. The van der Waals surface area contributed by atoms with Gasteiger partial charge in [0, 0.05) is 0 Å². The molecule has 0 amide bonds. The second kappa shape index (κ2) is 6.48. The Labute approximate surface area is 103 Å². The first kappa shape index (κ1) is 13.8. The molecule has 0 aromatic carbocycles. The molecule has 2 N–H and O–H groups in total. The molecule has 0 saturated carbocycles. The van der Waals surface area contributed by atoms with Gasteiger partial charge in [-0.05, 0) is 13.3 Å². The summed E-state index contributed by atoms with van der Waals surface area (Å²) in [6.07, 6.45) is 0.689. The summed E-state index contributed by atoms with van der Waals surface area (Å²) in [5.41, 5.74) is 2.25. The third-order valence-electron chi connectivity index (χ3n) is 1.93. The van der Waals surface area contributed by atoms with Gasteiger partial charge in [-0.15, -0.1) is 0 Å². The third-order valence-corrected chi connectivity index (χ3v) is 1.93. The smallest absolute Gasteiger partial charge is 0.475 e. The number of aryl methyl sites for hydroxylation is 1. The maximum atomic E-state index is 11.0. The highest BCUT2D eigenvalue weighted by molar-refractivity contribution is 5.85. The largest absolute Gasteiger partial charge is 0.533 e. The Morgan fingerprint density at radius 1 is 1.50 bits per heavy atom. The molecule has 0 unspecified atom stereocenters. The number of hydrogen-bond donors (Lipinski definition) is 2. The summed E-state index contributed by atoms with van der Waals surface area (Å²) in [7, 11) is 0. The lowest BCUT2D eigenvalue weighted by atomic mass is 10.4. The Hall–Kier alpha value is -2.25. The Morgan fingerprint density at radius 3 is 2.78 bits per heavy atom. The second-order valence-corrected chi connectivity index (χ2v) is 3.39. The van der Waals surface area contributed by atoms with Gasteiger partial charge in [-0.1, -0.05) is 13.3 Å². The summed E-state index contributed by atoms with van der Waals surface area (Å²) in [6.45, 7) is 3.66. The maximum absolute atomic E-state index is 11.0. The molecule has 0 radical (unpaired) electrons. The van der Waals surface area contributed by atoms with Gasteiger partial charge in [-0.2, -0.15) is 10.5 Å². The molecule has 0 bridgehead atoms. The number of carbonyl (C=O) groups excluding carboxylic acids is 1. The van der Waals surface area contributed by atoms with E-state index in [4.69, 9.17) is 9.52 Å². The number of nitrogens with one attached hydrogen (secondary N) is 1. The topological polar surface area (TPSA) is 111 Å². The number of nitrogens with zero attached hydrogens (tertiary/aromatic N) is 1. The van der Waals surface area contributed by atoms with E-state index in [0.29, 0.717) is 0 Å². The van der Waals surface area contributed by atoms with Crippen molar-refractivity contribution in [1.29, 1.82) is 0 Å². The molecule has 0 spiro atoms. The number of carboxylic acid groups (broad SMARTS) is 1. The first-order valence-corrected chi connectivity index (χ1v) is 5.35. The van der Waals surface area contributed by atoms with Crippen molar-refractivity contribution in [3.8, 4) is 0 Å². The highest BCUT2D eigenvalue weighted by Gasteiger charge is 2.17. The molecule has 0 atom stereocenters. The van der Waals surface area contributed by atoms with Crippen molar-refractivity contribution >= 4 is 18.1 Å². The highest BCUT2D eigenvalue weighted by atomic mass is 16.8. The van der Waals surface area contributed by atoms with Crippen LogP contribution in [0, 0.1) is 6.92 Å². The van der Waals surface area contributed by atoms with E-state index < -0.39 is 12.1 Å². The number of ether oxygens (including phenoxy) is 1. The minimum Gasteiger partial charge on any atom is -0.475 e. The normalized spacial score (nSPS) is 9.89. The van der Waals surface area contributed by atoms with Gasteiger partial charge in [-0.25, -0.2) is 9.59 Å². The molecule has 0 aliphatic rings. The van der Waals surface area contributed by atoms with Crippen LogP contribution in [0.4, 0.5) is 10.8 Å². The van der Waals surface area contributed by atoms with Crippen LogP contribution in [0.25, 0.3) is 0 Å². The van der Waals surface area contributed by atoms with E-state index in [-0.39, 0.29) is 24.1 Å². The number of carboxylic acids is 1. The summed E-state index contributed by atoms with van der Waals surface area (Å²) in [5, 5.41) is 8.71. The maximum Gasteiger partial charge on any atom is 0.533 e. The molecule has 1 aromatic heterocycles. The van der Waals surface area contributed by atoms with Gasteiger partial charge in [0.2, 0.25) is 5.76 Å². The molecule has 0 aliphatic carbocycles. The van der Waals surface area contributed by atoms with Crippen molar-refractivity contribution in [2.24, 2.45) is 0 Å². The quantitative estimate of drug-likeness (QED) is 0.452. The van der Waals surface area contributed by atoms with Crippen LogP contribution in [0.5, 0.6) is 0 Å². The summed E-state index contributed by atoms with van der Waals surface area (Å²) >= 11 is 0. The molecule has 1 heterocycles. The molecule has 0 fully saturated rings. The lowest BCUT2D eigenvalue weighted by Crippen LogP contribution is -2.13. The van der Waals surface area contributed by atoms with Gasteiger partial charge < -0.3 is 19.1 Å². The predicted molar refractivity (Wildman–Crippen MR) is 59.2 cm³/mol. The minimum atomic E-state index is -1.25. The molecule has 0 aliphatic heterocycles. The van der Waals surface area contributed by atoms with Crippen LogP contribution in [0.2, 0.25) is 0 Å². The zero-order valence-corrected chi connectivity index (χ0v) is 10.1. The number of carbonyl (C=O) groups is 2. The van der Waals surface area contributed by atoms with E-state index in [1.54, 1.807) is 0 Å². The lowest BCUT2D eigenvalue weighted by Gasteiger charge is -2.03. The molecule has 0 saturated heterocycles. The van der Waals surface area contributed by atoms with Gasteiger partial charge in [0.25, 0.3) is 0 Å². The van der Waals surface area contributed by atoms with E-state index in [1.165, 1.54) is 6.92 Å². The zero-order chi connectivity index (χ0) is 13.5. The second-order valence-electron chi connectivity index (χ2n) is 3.39. The molecular weight excluding hydrogens is 244 g/mol. The monoisotopic (exact) mass is 258 g/mol. The number of aromatic carboxylic acids is 1. The number of oxazole rings is 1. The first-order chi connectivity index (χ1) is 8.54.